The zero-order valence-electron chi connectivity index (χ0n) is 22.4. The summed E-state index contributed by atoms with van der Waals surface area (Å²) >= 11 is 12.5. The van der Waals surface area contributed by atoms with Crippen LogP contribution in [-0.4, -0.2) is 52.7 Å². The predicted octanol–water partition coefficient (Wildman–Crippen LogP) is 6.08. The fourth-order valence-corrected chi connectivity index (χ4v) is 7.27. The number of sulfonamides is 1. The molecule has 210 valence electrons. The predicted molar refractivity (Wildman–Crippen MR) is 155 cm³/mol. The van der Waals surface area contributed by atoms with Crippen LogP contribution in [0.1, 0.15) is 55.0 Å². The van der Waals surface area contributed by atoms with Crippen LogP contribution in [0.15, 0.2) is 40.9 Å². The molecule has 2 aromatic heterocycles. The molecule has 0 bridgehead atoms. The SMILES string of the molecule is Cc1noc(C)c1-c1ccc2c(c1)nc(C1CCC(=O)N1c1ccc(Cl)c(Cl)c1)n2C1CCN(S(C)(=O)=O)CC1. The summed E-state index contributed by atoms with van der Waals surface area (Å²) in [6.07, 6.45) is 3.52. The Morgan fingerprint density at radius 1 is 1.00 bits per heavy atom. The number of imidazole rings is 1. The number of benzene rings is 2. The van der Waals surface area contributed by atoms with Crippen molar-refractivity contribution in [2.45, 2.75) is 51.6 Å². The van der Waals surface area contributed by atoms with E-state index in [9.17, 15) is 13.2 Å². The molecule has 2 saturated heterocycles. The first kappa shape index (κ1) is 27.3. The third kappa shape index (κ3) is 4.70. The highest BCUT2D eigenvalue weighted by molar-refractivity contribution is 7.88. The second kappa shape index (κ2) is 10.2. The highest BCUT2D eigenvalue weighted by atomic mass is 35.5. The second-order valence-corrected chi connectivity index (χ2v) is 13.3. The summed E-state index contributed by atoms with van der Waals surface area (Å²) in [6, 6.07) is 11.1. The number of carbonyl (C=O) groups excluding carboxylic acids is 1. The summed E-state index contributed by atoms with van der Waals surface area (Å²) in [7, 11) is -3.27. The molecule has 40 heavy (non-hydrogen) atoms. The van der Waals surface area contributed by atoms with Crippen molar-refractivity contribution < 1.29 is 17.7 Å². The van der Waals surface area contributed by atoms with E-state index < -0.39 is 10.0 Å². The highest BCUT2D eigenvalue weighted by Crippen LogP contribution is 2.42. The van der Waals surface area contributed by atoms with Crippen molar-refractivity contribution in [1.82, 2.24) is 19.0 Å². The minimum Gasteiger partial charge on any atom is -0.361 e. The van der Waals surface area contributed by atoms with Gasteiger partial charge in [0, 0.05) is 36.8 Å². The summed E-state index contributed by atoms with van der Waals surface area (Å²) in [5, 5.41) is 4.90. The molecular formula is C28H29Cl2N5O4S. The van der Waals surface area contributed by atoms with Crippen molar-refractivity contribution in [2.24, 2.45) is 0 Å². The molecule has 0 saturated carbocycles. The zero-order chi connectivity index (χ0) is 28.3. The molecule has 12 heteroatoms. The van der Waals surface area contributed by atoms with E-state index in [1.54, 1.807) is 23.1 Å². The Bertz CT molecular complexity index is 1720. The normalized spacial score (nSPS) is 19.3. The van der Waals surface area contributed by atoms with Crippen LogP contribution in [0.4, 0.5) is 5.69 Å². The largest absolute Gasteiger partial charge is 0.361 e. The number of fused-ring (bicyclic) bond motifs is 1. The van der Waals surface area contributed by atoms with Crippen molar-refractivity contribution in [2.75, 3.05) is 24.2 Å². The fourth-order valence-electron chi connectivity index (χ4n) is 6.11. The monoisotopic (exact) mass is 601 g/mol. The molecule has 6 rings (SSSR count). The number of anilines is 1. The number of hydrogen-bond donors (Lipinski definition) is 0. The molecule has 4 aromatic rings. The molecule has 0 spiro atoms. The second-order valence-electron chi connectivity index (χ2n) is 10.6. The van der Waals surface area contributed by atoms with E-state index >= 15 is 0 Å². The van der Waals surface area contributed by atoms with E-state index in [4.69, 9.17) is 32.7 Å². The lowest BCUT2D eigenvalue weighted by atomic mass is 10.0. The van der Waals surface area contributed by atoms with Crippen LogP contribution in [0, 0.1) is 13.8 Å². The molecule has 1 amide bonds. The molecule has 1 atom stereocenters. The topological polar surface area (TPSA) is 102 Å². The van der Waals surface area contributed by atoms with Crippen LogP contribution in [0.2, 0.25) is 10.0 Å². The van der Waals surface area contributed by atoms with Gasteiger partial charge in [-0.25, -0.2) is 17.7 Å². The molecule has 0 radical (unpaired) electrons. The Balaban J connectivity index is 1.48. The highest BCUT2D eigenvalue weighted by Gasteiger charge is 2.39. The van der Waals surface area contributed by atoms with Crippen molar-refractivity contribution >= 4 is 55.9 Å². The summed E-state index contributed by atoms with van der Waals surface area (Å²) < 4.78 is 33.5. The first-order valence-electron chi connectivity index (χ1n) is 13.2. The smallest absolute Gasteiger partial charge is 0.227 e. The standard InChI is InChI=1S/C28H29Cl2N5O4S/c1-16-27(17(2)39-32-16)18-4-7-24-23(14-18)31-28(35(24)19-10-12-33(13-11-19)40(3,37)38)25-8-9-26(36)34(25)20-5-6-21(29)22(30)15-20/h4-7,14-15,19,25H,8-13H2,1-3H3. The molecular weight excluding hydrogens is 573 g/mol. The van der Waals surface area contributed by atoms with Gasteiger partial charge in [0.25, 0.3) is 0 Å². The van der Waals surface area contributed by atoms with Crippen molar-refractivity contribution in [3.05, 3.63) is 63.7 Å². The number of carbonyl (C=O) groups is 1. The van der Waals surface area contributed by atoms with E-state index in [1.807, 2.05) is 26.0 Å². The van der Waals surface area contributed by atoms with E-state index in [2.05, 4.69) is 15.8 Å². The van der Waals surface area contributed by atoms with Gasteiger partial charge in [-0.1, -0.05) is 34.4 Å². The van der Waals surface area contributed by atoms with Gasteiger partial charge >= 0.3 is 0 Å². The van der Waals surface area contributed by atoms with Crippen LogP contribution in [0.25, 0.3) is 22.2 Å². The van der Waals surface area contributed by atoms with Crippen molar-refractivity contribution in [3.63, 3.8) is 0 Å². The molecule has 2 fully saturated rings. The van der Waals surface area contributed by atoms with E-state index in [1.165, 1.54) is 10.6 Å². The van der Waals surface area contributed by atoms with Crippen LogP contribution in [0.5, 0.6) is 0 Å². The number of rotatable bonds is 5. The quantitative estimate of drug-likeness (QED) is 0.275. The Morgan fingerprint density at radius 2 is 1.75 bits per heavy atom. The Morgan fingerprint density at radius 3 is 2.40 bits per heavy atom. The third-order valence-corrected chi connectivity index (χ3v) is 10.0. The summed E-state index contributed by atoms with van der Waals surface area (Å²) in [5.41, 5.74) is 5.10. The van der Waals surface area contributed by atoms with Gasteiger partial charge in [0.2, 0.25) is 15.9 Å². The van der Waals surface area contributed by atoms with Crippen molar-refractivity contribution in [3.8, 4) is 11.1 Å². The van der Waals surface area contributed by atoms with E-state index in [-0.39, 0.29) is 18.0 Å². The van der Waals surface area contributed by atoms with Crippen LogP contribution < -0.4 is 4.90 Å². The molecule has 0 N–H and O–H groups in total. The van der Waals surface area contributed by atoms with Gasteiger partial charge in [0.1, 0.15) is 11.6 Å². The van der Waals surface area contributed by atoms with E-state index in [0.29, 0.717) is 54.5 Å². The summed E-state index contributed by atoms with van der Waals surface area (Å²) in [5.74, 6) is 1.50. The Kier molecular flexibility index (Phi) is 6.93. The van der Waals surface area contributed by atoms with Crippen LogP contribution in [0.3, 0.4) is 0 Å². The molecule has 1 unspecified atom stereocenters. The molecule has 0 aliphatic carbocycles. The minimum absolute atomic E-state index is 0.00898. The Hall–Kier alpha value is -2.92. The minimum atomic E-state index is -3.27. The number of aromatic nitrogens is 3. The van der Waals surface area contributed by atoms with Gasteiger partial charge in [0.15, 0.2) is 0 Å². The number of halogens is 2. The molecule has 4 heterocycles. The first-order chi connectivity index (χ1) is 19.0. The molecule has 2 aromatic carbocycles. The maximum atomic E-state index is 13.2. The number of amides is 1. The van der Waals surface area contributed by atoms with Crippen molar-refractivity contribution in [1.29, 1.82) is 0 Å². The third-order valence-electron chi connectivity index (χ3n) is 7.99. The molecule has 2 aliphatic rings. The number of aryl methyl sites for hydroxylation is 2. The van der Waals surface area contributed by atoms with Crippen LogP contribution >= 0.6 is 23.2 Å². The maximum Gasteiger partial charge on any atom is 0.227 e. The lowest BCUT2D eigenvalue weighted by molar-refractivity contribution is -0.117. The van der Waals surface area contributed by atoms with Crippen LogP contribution in [-0.2, 0) is 14.8 Å². The number of nitrogens with zero attached hydrogens (tertiary/aromatic N) is 5. The first-order valence-corrected chi connectivity index (χ1v) is 15.8. The van der Waals surface area contributed by atoms with Gasteiger partial charge in [0.05, 0.1) is 39.1 Å². The summed E-state index contributed by atoms with van der Waals surface area (Å²) in [6.45, 7) is 4.66. The van der Waals surface area contributed by atoms with Gasteiger partial charge in [-0.3, -0.25) is 4.79 Å². The summed E-state index contributed by atoms with van der Waals surface area (Å²) in [4.78, 5) is 20.1. The average molecular weight is 603 g/mol. The zero-order valence-corrected chi connectivity index (χ0v) is 24.7. The van der Waals surface area contributed by atoms with Gasteiger partial charge < -0.3 is 14.0 Å². The number of hydrogen-bond acceptors (Lipinski definition) is 6. The Labute approximate surface area is 242 Å². The average Bonchev–Trinajstić information content (AvgIpc) is 3.59. The number of piperidine rings is 1. The van der Waals surface area contributed by atoms with Gasteiger partial charge in [-0.2, -0.15) is 0 Å². The lowest BCUT2D eigenvalue weighted by Gasteiger charge is -2.34. The molecule has 9 nitrogen and oxygen atoms in total. The van der Waals surface area contributed by atoms with E-state index in [0.717, 1.165) is 39.4 Å². The maximum absolute atomic E-state index is 13.2. The van der Waals surface area contributed by atoms with Gasteiger partial charge in [-0.15, -0.1) is 0 Å². The lowest BCUT2D eigenvalue weighted by Crippen LogP contribution is -2.39. The fraction of sp³-hybridized carbons (Fsp3) is 0.393. The molecule has 2 aliphatic heterocycles. The van der Waals surface area contributed by atoms with Gasteiger partial charge in [-0.05, 0) is 69.0 Å².